The average Bonchev–Trinajstić information content (AvgIpc) is 2.45. The molecule has 1 atom stereocenters. The summed E-state index contributed by atoms with van der Waals surface area (Å²) in [6, 6.07) is 0. The lowest BCUT2D eigenvalue weighted by Crippen LogP contribution is -2.44. The molecule has 1 aliphatic rings. The number of ether oxygens (including phenoxy) is 1. The van der Waals surface area contributed by atoms with Gasteiger partial charge in [0.05, 0.1) is 0 Å². The van der Waals surface area contributed by atoms with E-state index in [9.17, 15) is 4.79 Å². The summed E-state index contributed by atoms with van der Waals surface area (Å²) in [6.07, 6.45) is 1.84. The molecular formula is C16H32N4O2. The summed E-state index contributed by atoms with van der Waals surface area (Å²) in [5, 5.41) is 0. The number of piperidine rings is 1. The van der Waals surface area contributed by atoms with E-state index in [0.717, 1.165) is 32.5 Å². The Hall–Kier alpha value is -1.46. The van der Waals surface area contributed by atoms with Gasteiger partial charge in [0.1, 0.15) is 5.60 Å². The molecule has 1 heterocycles. The van der Waals surface area contributed by atoms with Gasteiger partial charge >= 0.3 is 6.09 Å². The van der Waals surface area contributed by atoms with Crippen LogP contribution >= 0.6 is 0 Å². The lowest BCUT2D eigenvalue weighted by Gasteiger charge is -2.33. The second-order valence-electron chi connectivity index (χ2n) is 6.81. The van der Waals surface area contributed by atoms with E-state index in [-0.39, 0.29) is 6.09 Å². The van der Waals surface area contributed by atoms with Crippen LogP contribution in [0.4, 0.5) is 4.79 Å². The van der Waals surface area contributed by atoms with Crippen LogP contribution in [0.15, 0.2) is 4.99 Å². The molecule has 2 N–H and O–H groups in total. The molecule has 0 spiro atoms. The molecular weight excluding hydrogens is 280 g/mol. The third-order valence-corrected chi connectivity index (χ3v) is 3.77. The molecule has 1 rings (SSSR count). The van der Waals surface area contributed by atoms with Crippen molar-refractivity contribution < 1.29 is 9.53 Å². The minimum absolute atomic E-state index is 0.224. The van der Waals surface area contributed by atoms with E-state index < -0.39 is 5.60 Å². The summed E-state index contributed by atoms with van der Waals surface area (Å²) in [5.41, 5.74) is 5.56. The highest BCUT2D eigenvalue weighted by atomic mass is 16.6. The highest BCUT2D eigenvalue weighted by Crippen LogP contribution is 2.19. The molecule has 1 saturated heterocycles. The zero-order valence-electron chi connectivity index (χ0n) is 14.8. The summed E-state index contributed by atoms with van der Waals surface area (Å²) >= 11 is 0. The van der Waals surface area contributed by atoms with E-state index in [0.29, 0.717) is 25.0 Å². The standard InChI is InChI=1S/C16H32N4O2/c1-6-19(7-2)14(17)18-11-13-9-8-10-20(12-13)15(21)22-16(3,4)5/h13H,6-12H2,1-5H3,(H2,17,18). The fraction of sp³-hybridized carbons (Fsp3) is 0.875. The summed E-state index contributed by atoms with van der Waals surface area (Å²) < 4.78 is 5.44. The van der Waals surface area contributed by atoms with Crippen molar-refractivity contribution in [2.45, 2.75) is 53.1 Å². The Morgan fingerprint density at radius 3 is 2.55 bits per heavy atom. The van der Waals surface area contributed by atoms with Crippen molar-refractivity contribution >= 4 is 12.1 Å². The Morgan fingerprint density at radius 2 is 2.00 bits per heavy atom. The number of likely N-dealkylation sites (tertiary alicyclic amines) is 1. The minimum Gasteiger partial charge on any atom is -0.444 e. The monoisotopic (exact) mass is 312 g/mol. The predicted octanol–water partition coefficient (Wildman–Crippen LogP) is 2.29. The van der Waals surface area contributed by atoms with Crippen LogP contribution in [0.25, 0.3) is 0 Å². The first-order valence-electron chi connectivity index (χ1n) is 8.29. The van der Waals surface area contributed by atoms with E-state index in [1.54, 1.807) is 4.90 Å². The van der Waals surface area contributed by atoms with Gasteiger partial charge in [0.2, 0.25) is 0 Å². The van der Waals surface area contributed by atoms with Gasteiger partial charge < -0.3 is 20.3 Å². The van der Waals surface area contributed by atoms with E-state index in [1.165, 1.54) is 0 Å². The number of nitrogens with zero attached hydrogens (tertiary/aromatic N) is 3. The van der Waals surface area contributed by atoms with Crippen molar-refractivity contribution in [3.63, 3.8) is 0 Å². The Kier molecular flexibility index (Phi) is 6.97. The highest BCUT2D eigenvalue weighted by Gasteiger charge is 2.27. The molecule has 1 aliphatic heterocycles. The maximum Gasteiger partial charge on any atom is 0.410 e. The highest BCUT2D eigenvalue weighted by molar-refractivity contribution is 5.78. The number of amides is 1. The molecule has 0 aromatic carbocycles. The van der Waals surface area contributed by atoms with Gasteiger partial charge in [-0.25, -0.2) is 4.79 Å². The molecule has 6 heteroatoms. The third-order valence-electron chi connectivity index (χ3n) is 3.77. The third kappa shape index (κ3) is 6.12. The van der Waals surface area contributed by atoms with Crippen molar-refractivity contribution in [1.29, 1.82) is 0 Å². The fourth-order valence-corrected chi connectivity index (χ4v) is 2.58. The smallest absolute Gasteiger partial charge is 0.410 e. The van der Waals surface area contributed by atoms with E-state index in [4.69, 9.17) is 10.5 Å². The number of rotatable bonds is 4. The summed E-state index contributed by atoms with van der Waals surface area (Å²) in [5.74, 6) is 0.953. The Bertz CT molecular complexity index is 386. The summed E-state index contributed by atoms with van der Waals surface area (Å²) in [7, 11) is 0. The predicted molar refractivity (Wildman–Crippen MR) is 89.9 cm³/mol. The van der Waals surface area contributed by atoms with Gasteiger partial charge in [-0.2, -0.15) is 0 Å². The molecule has 6 nitrogen and oxygen atoms in total. The lowest BCUT2D eigenvalue weighted by molar-refractivity contribution is 0.0170. The van der Waals surface area contributed by atoms with Gasteiger partial charge in [-0.15, -0.1) is 0 Å². The Labute approximate surface area is 134 Å². The van der Waals surface area contributed by atoms with Gasteiger partial charge in [0.25, 0.3) is 0 Å². The van der Waals surface area contributed by atoms with E-state index in [1.807, 2.05) is 25.7 Å². The summed E-state index contributed by atoms with van der Waals surface area (Å²) in [6.45, 7) is 13.7. The number of aliphatic imine (C=N–C) groups is 1. The number of hydrogen-bond acceptors (Lipinski definition) is 3. The molecule has 22 heavy (non-hydrogen) atoms. The van der Waals surface area contributed by atoms with Crippen LogP contribution in [-0.2, 0) is 4.74 Å². The van der Waals surface area contributed by atoms with Crippen LogP contribution in [0.3, 0.4) is 0 Å². The number of guanidine groups is 1. The van der Waals surface area contributed by atoms with E-state index in [2.05, 4.69) is 18.8 Å². The van der Waals surface area contributed by atoms with Crippen molar-refractivity contribution in [1.82, 2.24) is 9.80 Å². The van der Waals surface area contributed by atoms with Crippen LogP contribution in [0.5, 0.6) is 0 Å². The van der Waals surface area contributed by atoms with Crippen molar-refractivity contribution in [2.24, 2.45) is 16.6 Å². The van der Waals surface area contributed by atoms with Gasteiger partial charge in [-0.3, -0.25) is 4.99 Å². The second-order valence-corrected chi connectivity index (χ2v) is 6.81. The molecule has 0 aromatic heterocycles. The Balaban J connectivity index is 2.53. The first kappa shape index (κ1) is 18.6. The molecule has 0 saturated carbocycles. The van der Waals surface area contributed by atoms with Crippen LogP contribution in [0.2, 0.25) is 0 Å². The fourth-order valence-electron chi connectivity index (χ4n) is 2.58. The molecule has 1 fully saturated rings. The van der Waals surface area contributed by atoms with E-state index >= 15 is 0 Å². The molecule has 1 amide bonds. The molecule has 0 bridgehead atoms. The number of carbonyl (C=O) groups is 1. The Morgan fingerprint density at radius 1 is 1.36 bits per heavy atom. The number of carbonyl (C=O) groups excluding carboxylic acids is 1. The van der Waals surface area contributed by atoms with Crippen molar-refractivity contribution in [3.05, 3.63) is 0 Å². The van der Waals surface area contributed by atoms with Gasteiger partial charge in [0.15, 0.2) is 5.96 Å². The summed E-state index contributed by atoms with van der Waals surface area (Å²) in [4.78, 5) is 20.5. The van der Waals surface area contributed by atoms with Crippen molar-refractivity contribution in [3.8, 4) is 0 Å². The SMILES string of the molecule is CCN(CC)C(N)=NCC1CCCN(C(=O)OC(C)(C)C)C1. The second kappa shape index (κ2) is 8.25. The molecule has 0 aliphatic carbocycles. The number of nitrogens with two attached hydrogens (primary N) is 1. The normalized spacial score (nSPS) is 20.0. The van der Waals surface area contributed by atoms with Gasteiger partial charge in [0, 0.05) is 32.7 Å². The van der Waals surface area contributed by atoms with Crippen LogP contribution in [-0.4, -0.2) is 60.2 Å². The maximum absolute atomic E-state index is 12.1. The molecule has 0 radical (unpaired) electrons. The zero-order valence-corrected chi connectivity index (χ0v) is 14.8. The van der Waals surface area contributed by atoms with Crippen LogP contribution < -0.4 is 5.73 Å². The maximum atomic E-state index is 12.1. The van der Waals surface area contributed by atoms with Crippen LogP contribution in [0.1, 0.15) is 47.5 Å². The zero-order chi connectivity index (χ0) is 16.8. The van der Waals surface area contributed by atoms with Gasteiger partial charge in [-0.1, -0.05) is 0 Å². The molecule has 0 aromatic rings. The quantitative estimate of drug-likeness (QED) is 0.638. The molecule has 128 valence electrons. The van der Waals surface area contributed by atoms with Crippen molar-refractivity contribution in [2.75, 3.05) is 32.7 Å². The minimum atomic E-state index is -0.449. The topological polar surface area (TPSA) is 71.2 Å². The first-order valence-corrected chi connectivity index (χ1v) is 8.29. The largest absolute Gasteiger partial charge is 0.444 e. The molecule has 1 unspecified atom stereocenters. The average molecular weight is 312 g/mol. The number of hydrogen-bond donors (Lipinski definition) is 1. The first-order chi connectivity index (χ1) is 10.3. The van der Waals surface area contributed by atoms with Gasteiger partial charge in [-0.05, 0) is 53.4 Å². The lowest BCUT2D eigenvalue weighted by atomic mass is 9.98. The van der Waals surface area contributed by atoms with Crippen LogP contribution in [0, 0.1) is 5.92 Å².